The summed E-state index contributed by atoms with van der Waals surface area (Å²) in [6, 6.07) is 8.23. The summed E-state index contributed by atoms with van der Waals surface area (Å²) in [5.74, 6) is 1.76. The normalized spacial score (nSPS) is 29.6. The molecule has 0 aliphatic carbocycles. The Hall–Kier alpha value is -0.570. The van der Waals surface area contributed by atoms with E-state index < -0.39 is 0 Å². The molecule has 3 heteroatoms. The van der Waals surface area contributed by atoms with Crippen LogP contribution in [0.1, 0.15) is 5.56 Å². The molecular weight excluding hydrogens is 220 g/mol. The highest BCUT2D eigenvalue weighted by Gasteiger charge is 2.35. The van der Waals surface area contributed by atoms with E-state index in [1.165, 1.54) is 31.7 Å². The van der Waals surface area contributed by atoms with Crippen molar-refractivity contribution in [3.8, 4) is 0 Å². The zero-order chi connectivity index (χ0) is 11.0. The number of rotatable bonds is 2. The first-order valence-corrected chi connectivity index (χ1v) is 6.36. The van der Waals surface area contributed by atoms with Crippen molar-refractivity contribution in [2.75, 3.05) is 26.2 Å². The van der Waals surface area contributed by atoms with Gasteiger partial charge in [0.25, 0.3) is 0 Å². The maximum atomic E-state index is 5.88. The topological polar surface area (TPSA) is 15.3 Å². The summed E-state index contributed by atoms with van der Waals surface area (Å²) in [6.07, 6.45) is 0. The van der Waals surface area contributed by atoms with Crippen molar-refractivity contribution >= 4 is 11.6 Å². The Balaban J connectivity index is 1.62. The van der Waals surface area contributed by atoms with Gasteiger partial charge in [0.05, 0.1) is 0 Å². The third kappa shape index (κ3) is 2.10. The average molecular weight is 237 g/mol. The highest BCUT2D eigenvalue weighted by molar-refractivity contribution is 6.30. The van der Waals surface area contributed by atoms with E-state index in [0.717, 1.165) is 23.4 Å². The van der Waals surface area contributed by atoms with Crippen molar-refractivity contribution in [1.82, 2.24) is 10.2 Å². The number of hydrogen-bond acceptors (Lipinski definition) is 2. The molecule has 2 fully saturated rings. The Bertz CT molecular complexity index is 351. The van der Waals surface area contributed by atoms with Crippen LogP contribution in [0.3, 0.4) is 0 Å². The number of fused-ring (bicyclic) bond motifs is 1. The minimum atomic E-state index is 0.825. The second-order valence-electron chi connectivity index (χ2n) is 5.00. The van der Waals surface area contributed by atoms with Crippen LogP contribution in [0.2, 0.25) is 5.02 Å². The van der Waals surface area contributed by atoms with Gasteiger partial charge in [-0.05, 0) is 42.6 Å². The van der Waals surface area contributed by atoms with E-state index in [2.05, 4.69) is 22.3 Å². The van der Waals surface area contributed by atoms with Crippen LogP contribution in [0.4, 0.5) is 0 Å². The SMILES string of the molecule is Clc1ccc(CN2CC3CNCC3C2)cc1. The van der Waals surface area contributed by atoms with Gasteiger partial charge in [-0.2, -0.15) is 0 Å². The fourth-order valence-corrected chi connectivity index (χ4v) is 3.06. The molecule has 0 radical (unpaired) electrons. The fraction of sp³-hybridized carbons (Fsp3) is 0.538. The largest absolute Gasteiger partial charge is 0.316 e. The Morgan fingerprint density at radius 3 is 2.38 bits per heavy atom. The van der Waals surface area contributed by atoms with Gasteiger partial charge in [0.2, 0.25) is 0 Å². The summed E-state index contributed by atoms with van der Waals surface area (Å²) in [6.45, 7) is 5.99. The molecule has 2 nitrogen and oxygen atoms in total. The lowest BCUT2D eigenvalue weighted by molar-refractivity contribution is 0.305. The second-order valence-corrected chi connectivity index (χ2v) is 5.44. The molecule has 1 N–H and O–H groups in total. The van der Waals surface area contributed by atoms with Crippen molar-refractivity contribution < 1.29 is 0 Å². The standard InChI is InChI=1S/C13H17ClN2/c14-13-3-1-10(2-4-13)7-16-8-11-5-15-6-12(11)9-16/h1-4,11-12,15H,5-9H2. The van der Waals surface area contributed by atoms with E-state index in [1.807, 2.05) is 12.1 Å². The van der Waals surface area contributed by atoms with E-state index in [-0.39, 0.29) is 0 Å². The van der Waals surface area contributed by atoms with Gasteiger partial charge < -0.3 is 5.32 Å². The Morgan fingerprint density at radius 2 is 1.75 bits per heavy atom. The van der Waals surface area contributed by atoms with E-state index in [1.54, 1.807) is 0 Å². The van der Waals surface area contributed by atoms with Gasteiger partial charge in [0, 0.05) is 24.7 Å². The van der Waals surface area contributed by atoms with Crippen LogP contribution >= 0.6 is 11.6 Å². The van der Waals surface area contributed by atoms with Crippen LogP contribution in [-0.2, 0) is 6.54 Å². The molecular formula is C13H17ClN2. The summed E-state index contributed by atoms with van der Waals surface area (Å²) >= 11 is 5.88. The van der Waals surface area contributed by atoms with E-state index in [9.17, 15) is 0 Å². The van der Waals surface area contributed by atoms with Crippen molar-refractivity contribution in [1.29, 1.82) is 0 Å². The average Bonchev–Trinajstić information content (AvgIpc) is 2.81. The predicted octanol–water partition coefficient (Wildman–Crippen LogP) is 1.99. The fourth-order valence-electron chi connectivity index (χ4n) is 2.93. The van der Waals surface area contributed by atoms with Gasteiger partial charge in [-0.15, -0.1) is 0 Å². The summed E-state index contributed by atoms with van der Waals surface area (Å²) in [4.78, 5) is 2.57. The summed E-state index contributed by atoms with van der Waals surface area (Å²) in [5, 5.41) is 4.30. The summed E-state index contributed by atoms with van der Waals surface area (Å²) < 4.78 is 0. The molecule has 3 rings (SSSR count). The summed E-state index contributed by atoms with van der Waals surface area (Å²) in [5.41, 5.74) is 1.37. The number of likely N-dealkylation sites (tertiary alicyclic amines) is 1. The summed E-state index contributed by atoms with van der Waals surface area (Å²) in [7, 11) is 0. The number of halogens is 1. The highest BCUT2D eigenvalue weighted by atomic mass is 35.5. The maximum Gasteiger partial charge on any atom is 0.0406 e. The van der Waals surface area contributed by atoms with Gasteiger partial charge in [0.1, 0.15) is 0 Å². The van der Waals surface area contributed by atoms with Gasteiger partial charge in [-0.3, -0.25) is 4.90 Å². The van der Waals surface area contributed by atoms with Crippen molar-refractivity contribution in [3.05, 3.63) is 34.9 Å². The van der Waals surface area contributed by atoms with Crippen LogP contribution in [0, 0.1) is 11.8 Å². The van der Waals surface area contributed by atoms with Crippen molar-refractivity contribution in [2.45, 2.75) is 6.54 Å². The molecule has 86 valence electrons. The Morgan fingerprint density at radius 1 is 1.12 bits per heavy atom. The van der Waals surface area contributed by atoms with Crippen molar-refractivity contribution in [2.24, 2.45) is 11.8 Å². The zero-order valence-corrected chi connectivity index (χ0v) is 10.1. The first-order valence-electron chi connectivity index (χ1n) is 5.99. The smallest absolute Gasteiger partial charge is 0.0406 e. The molecule has 2 aliphatic heterocycles. The van der Waals surface area contributed by atoms with Crippen LogP contribution in [-0.4, -0.2) is 31.1 Å². The van der Waals surface area contributed by atoms with Gasteiger partial charge >= 0.3 is 0 Å². The first-order chi connectivity index (χ1) is 7.81. The number of benzene rings is 1. The molecule has 2 aliphatic rings. The molecule has 2 atom stereocenters. The van der Waals surface area contributed by atoms with E-state index in [0.29, 0.717) is 0 Å². The molecule has 0 spiro atoms. The molecule has 0 bridgehead atoms. The molecule has 2 heterocycles. The minimum absolute atomic E-state index is 0.825. The van der Waals surface area contributed by atoms with Gasteiger partial charge in [0.15, 0.2) is 0 Å². The quantitative estimate of drug-likeness (QED) is 0.845. The van der Waals surface area contributed by atoms with Gasteiger partial charge in [-0.1, -0.05) is 23.7 Å². The highest BCUT2D eigenvalue weighted by Crippen LogP contribution is 2.27. The lowest BCUT2D eigenvalue weighted by Gasteiger charge is -2.16. The van der Waals surface area contributed by atoms with Crippen LogP contribution in [0.15, 0.2) is 24.3 Å². The van der Waals surface area contributed by atoms with E-state index in [4.69, 9.17) is 11.6 Å². The monoisotopic (exact) mass is 236 g/mol. The van der Waals surface area contributed by atoms with Crippen LogP contribution in [0.25, 0.3) is 0 Å². The molecule has 1 aromatic carbocycles. The zero-order valence-electron chi connectivity index (χ0n) is 9.32. The number of hydrogen-bond donors (Lipinski definition) is 1. The first kappa shape index (κ1) is 10.6. The molecule has 0 aromatic heterocycles. The molecule has 0 amide bonds. The number of nitrogens with one attached hydrogen (secondary N) is 1. The maximum absolute atomic E-state index is 5.88. The molecule has 2 saturated heterocycles. The Labute approximate surface area is 102 Å². The van der Waals surface area contributed by atoms with Crippen LogP contribution < -0.4 is 5.32 Å². The lowest BCUT2D eigenvalue weighted by Crippen LogP contribution is -2.25. The second kappa shape index (κ2) is 4.36. The molecule has 2 unspecified atom stereocenters. The van der Waals surface area contributed by atoms with Crippen molar-refractivity contribution in [3.63, 3.8) is 0 Å². The third-order valence-corrected chi connectivity index (χ3v) is 4.04. The predicted molar refractivity (Wildman–Crippen MR) is 66.6 cm³/mol. The van der Waals surface area contributed by atoms with Gasteiger partial charge in [-0.25, -0.2) is 0 Å². The lowest BCUT2D eigenvalue weighted by atomic mass is 10.0. The number of nitrogens with zero attached hydrogens (tertiary/aromatic N) is 1. The van der Waals surface area contributed by atoms with E-state index >= 15 is 0 Å². The minimum Gasteiger partial charge on any atom is -0.316 e. The molecule has 1 aromatic rings. The molecule has 16 heavy (non-hydrogen) atoms. The Kier molecular flexibility index (Phi) is 2.88. The third-order valence-electron chi connectivity index (χ3n) is 3.78. The molecule has 0 saturated carbocycles. The van der Waals surface area contributed by atoms with Crippen LogP contribution in [0.5, 0.6) is 0 Å².